The lowest BCUT2D eigenvalue weighted by Crippen LogP contribution is -2.00. The fourth-order valence-corrected chi connectivity index (χ4v) is 1.51. The Hall–Kier alpha value is -1.18. The molecular formula is C13H18O2. The van der Waals surface area contributed by atoms with Gasteiger partial charge in [-0.05, 0) is 36.5 Å². The average Bonchev–Trinajstić information content (AvgIpc) is 3.01. The Morgan fingerprint density at radius 1 is 1.20 bits per heavy atom. The van der Waals surface area contributed by atoms with Crippen LogP contribution >= 0.6 is 0 Å². The molecule has 0 N–H and O–H groups in total. The smallest absolute Gasteiger partial charge is 0.161 e. The van der Waals surface area contributed by atoms with E-state index in [1.54, 1.807) is 7.11 Å². The van der Waals surface area contributed by atoms with Crippen LogP contribution in [-0.4, -0.2) is 13.2 Å². The highest BCUT2D eigenvalue weighted by atomic mass is 16.5. The van der Waals surface area contributed by atoms with Crippen molar-refractivity contribution in [2.75, 3.05) is 7.11 Å². The number of hydrogen-bond donors (Lipinski definition) is 0. The highest BCUT2D eigenvalue weighted by molar-refractivity contribution is 5.44. The van der Waals surface area contributed by atoms with E-state index in [0.717, 1.165) is 11.5 Å². The SMILES string of the molecule is COc1ccc(C(C)C)cc1OC1CC1. The van der Waals surface area contributed by atoms with Crippen molar-refractivity contribution in [1.29, 1.82) is 0 Å². The fraction of sp³-hybridized carbons (Fsp3) is 0.538. The largest absolute Gasteiger partial charge is 0.493 e. The van der Waals surface area contributed by atoms with Gasteiger partial charge in [-0.3, -0.25) is 0 Å². The number of ether oxygens (including phenoxy) is 2. The van der Waals surface area contributed by atoms with E-state index in [4.69, 9.17) is 9.47 Å². The van der Waals surface area contributed by atoms with Crippen molar-refractivity contribution < 1.29 is 9.47 Å². The summed E-state index contributed by atoms with van der Waals surface area (Å²) in [6.45, 7) is 4.37. The van der Waals surface area contributed by atoms with Crippen LogP contribution in [0.1, 0.15) is 38.2 Å². The van der Waals surface area contributed by atoms with Crippen LogP contribution in [0.25, 0.3) is 0 Å². The lowest BCUT2D eigenvalue weighted by molar-refractivity contribution is 0.281. The summed E-state index contributed by atoms with van der Waals surface area (Å²) < 4.78 is 11.1. The van der Waals surface area contributed by atoms with Crippen LogP contribution in [0.5, 0.6) is 11.5 Å². The summed E-state index contributed by atoms with van der Waals surface area (Å²) in [6.07, 6.45) is 2.77. The third kappa shape index (κ3) is 2.44. The predicted molar refractivity (Wildman–Crippen MR) is 60.7 cm³/mol. The molecule has 82 valence electrons. The van der Waals surface area contributed by atoms with Gasteiger partial charge in [-0.1, -0.05) is 19.9 Å². The fourth-order valence-electron chi connectivity index (χ4n) is 1.51. The summed E-state index contributed by atoms with van der Waals surface area (Å²) in [5.74, 6) is 2.26. The maximum atomic E-state index is 5.81. The summed E-state index contributed by atoms with van der Waals surface area (Å²) in [7, 11) is 1.68. The maximum absolute atomic E-state index is 5.81. The zero-order valence-electron chi connectivity index (χ0n) is 9.62. The van der Waals surface area contributed by atoms with Crippen molar-refractivity contribution in [2.45, 2.75) is 38.7 Å². The maximum Gasteiger partial charge on any atom is 0.161 e. The standard InChI is InChI=1S/C13H18O2/c1-9(2)10-4-7-12(14-3)13(8-10)15-11-5-6-11/h4,7-9,11H,5-6H2,1-3H3. The van der Waals surface area contributed by atoms with Gasteiger partial charge in [0.1, 0.15) is 0 Å². The molecule has 1 saturated carbocycles. The summed E-state index contributed by atoms with van der Waals surface area (Å²) in [5.41, 5.74) is 1.30. The molecule has 0 heterocycles. The molecule has 0 bridgehead atoms. The Morgan fingerprint density at radius 2 is 1.93 bits per heavy atom. The van der Waals surface area contributed by atoms with E-state index in [2.05, 4.69) is 26.0 Å². The Labute approximate surface area is 91.2 Å². The molecule has 0 radical (unpaired) electrons. The second-order valence-corrected chi connectivity index (χ2v) is 4.38. The van der Waals surface area contributed by atoms with E-state index in [9.17, 15) is 0 Å². The first-order valence-corrected chi connectivity index (χ1v) is 5.55. The van der Waals surface area contributed by atoms with Crippen molar-refractivity contribution in [1.82, 2.24) is 0 Å². The average molecular weight is 206 g/mol. The molecular weight excluding hydrogens is 188 g/mol. The van der Waals surface area contributed by atoms with E-state index in [0.29, 0.717) is 12.0 Å². The van der Waals surface area contributed by atoms with Gasteiger partial charge >= 0.3 is 0 Å². The molecule has 15 heavy (non-hydrogen) atoms. The van der Waals surface area contributed by atoms with Gasteiger partial charge in [0.25, 0.3) is 0 Å². The van der Waals surface area contributed by atoms with Gasteiger partial charge in [0.05, 0.1) is 13.2 Å². The molecule has 0 amide bonds. The van der Waals surface area contributed by atoms with Gasteiger partial charge in [0.2, 0.25) is 0 Å². The molecule has 0 unspecified atom stereocenters. The van der Waals surface area contributed by atoms with Crippen molar-refractivity contribution in [2.24, 2.45) is 0 Å². The predicted octanol–water partition coefficient (Wildman–Crippen LogP) is 3.36. The lowest BCUT2D eigenvalue weighted by atomic mass is 10.0. The van der Waals surface area contributed by atoms with Crippen molar-refractivity contribution in [3.63, 3.8) is 0 Å². The lowest BCUT2D eigenvalue weighted by Gasteiger charge is -2.13. The summed E-state index contributed by atoms with van der Waals surface area (Å²) >= 11 is 0. The minimum atomic E-state index is 0.418. The van der Waals surface area contributed by atoms with Crippen LogP contribution in [0.4, 0.5) is 0 Å². The van der Waals surface area contributed by atoms with Crippen molar-refractivity contribution in [3.05, 3.63) is 23.8 Å². The summed E-state index contributed by atoms with van der Waals surface area (Å²) in [5, 5.41) is 0. The molecule has 0 aliphatic heterocycles. The molecule has 2 nitrogen and oxygen atoms in total. The molecule has 1 aromatic carbocycles. The Morgan fingerprint density at radius 3 is 2.47 bits per heavy atom. The molecule has 2 rings (SSSR count). The molecule has 0 saturated heterocycles. The third-order valence-electron chi connectivity index (χ3n) is 2.67. The number of rotatable bonds is 4. The zero-order valence-corrected chi connectivity index (χ0v) is 9.62. The van der Waals surface area contributed by atoms with Gasteiger partial charge in [-0.2, -0.15) is 0 Å². The van der Waals surface area contributed by atoms with E-state index in [-0.39, 0.29) is 0 Å². The van der Waals surface area contributed by atoms with Gasteiger partial charge < -0.3 is 9.47 Å². The van der Waals surface area contributed by atoms with Crippen LogP contribution in [0.3, 0.4) is 0 Å². The molecule has 1 aromatic rings. The first kappa shape index (κ1) is 10.3. The first-order valence-electron chi connectivity index (χ1n) is 5.55. The van der Waals surface area contributed by atoms with Crippen molar-refractivity contribution in [3.8, 4) is 11.5 Å². The quantitative estimate of drug-likeness (QED) is 0.752. The highest BCUT2D eigenvalue weighted by Gasteiger charge is 2.25. The topological polar surface area (TPSA) is 18.5 Å². The number of methoxy groups -OCH3 is 1. The normalized spacial score (nSPS) is 15.5. The van der Waals surface area contributed by atoms with Crippen LogP contribution in [0, 0.1) is 0 Å². The number of hydrogen-bond acceptors (Lipinski definition) is 2. The molecule has 0 spiro atoms. The summed E-state index contributed by atoms with van der Waals surface area (Å²) in [4.78, 5) is 0. The van der Waals surface area contributed by atoms with Crippen LogP contribution in [-0.2, 0) is 0 Å². The number of benzene rings is 1. The monoisotopic (exact) mass is 206 g/mol. The van der Waals surface area contributed by atoms with Gasteiger partial charge in [0, 0.05) is 0 Å². The molecule has 1 aliphatic rings. The van der Waals surface area contributed by atoms with Gasteiger partial charge in [0.15, 0.2) is 11.5 Å². The van der Waals surface area contributed by atoms with Gasteiger partial charge in [-0.25, -0.2) is 0 Å². The van der Waals surface area contributed by atoms with E-state index >= 15 is 0 Å². The highest BCUT2D eigenvalue weighted by Crippen LogP contribution is 2.35. The first-order chi connectivity index (χ1) is 7.20. The summed E-state index contributed by atoms with van der Waals surface area (Å²) in [6, 6.07) is 6.19. The van der Waals surface area contributed by atoms with E-state index in [1.165, 1.54) is 18.4 Å². The molecule has 0 aromatic heterocycles. The molecule has 1 aliphatic carbocycles. The molecule has 2 heteroatoms. The molecule has 0 atom stereocenters. The molecule has 1 fully saturated rings. The van der Waals surface area contributed by atoms with Gasteiger partial charge in [-0.15, -0.1) is 0 Å². The minimum absolute atomic E-state index is 0.418. The third-order valence-corrected chi connectivity index (χ3v) is 2.67. The van der Waals surface area contributed by atoms with E-state index in [1.807, 2.05) is 6.07 Å². The second kappa shape index (κ2) is 4.13. The van der Waals surface area contributed by atoms with Crippen molar-refractivity contribution >= 4 is 0 Å². The Bertz CT molecular complexity index is 340. The Kier molecular flexibility index (Phi) is 2.85. The minimum Gasteiger partial charge on any atom is -0.493 e. The van der Waals surface area contributed by atoms with E-state index < -0.39 is 0 Å². The second-order valence-electron chi connectivity index (χ2n) is 4.38. The zero-order chi connectivity index (χ0) is 10.8. The van der Waals surface area contributed by atoms with Crippen LogP contribution in [0.2, 0.25) is 0 Å². The van der Waals surface area contributed by atoms with Crippen LogP contribution in [0.15, 0.2) is 18.2 Å². The van der Waals surface area contributed by atoms with Crippen LogP contribution < -0.4 is 9.47 Å². The Balaban J connectivity index is 2.24.